The Balaban J connectivity index is 2.28. The summed E-state index contributed by atoms with van der Waals surface area (Å²) in [4.78, 5) is 13.7. The molecule has 0 aromatic heterocycles. The third kappa shape index (κ3) is 4.47. The van der Waals surface area contributed by atoms with E-state index in [2.05, 4.69) is 18.8 Å². The summed E-state index contributed by atoms with van der Waals surface area (Å²) in [6, 6.07) is 0. The van der Waals surface area contributed by atoms with Gasteiger partial charge in [0, 0.05) is 19.6 Å². The molecule has 0 aromatic rings. The highest BCUT2D eigenvalue weighted by molar-refractivity contribution is 5.78. The van der Waals surface area contributed by atoms with Crippen LogP contribution in [0, 0.1) is 5.92 Å². The van der Waals surface area contributed by atoms with Gasteiger partial charge in [0.15, 0.2) is 0 Å². The van der Waals surface area contributed by atoms with Crippen LogP contribution in [0.4, 0.5) is 0 Å². The lowest BCUT2D eigenvalue weighted by atomic mass is 10.0. The molecular formula is C12H22N2O. The van der Waals surface area contributed by atoms with Gasteiger partial charge in [-0.2, -0.15) is 0 Å². The van der Waals surface area contributed by atoms with Crippen LogP contribution in [0.2, 0.25) is 0 Å². The molecule has 1 N–H and O–H groups in total. The van der Waals surface area contributed by atoms with Crippen molar-refractivity contribution in [1.82, 2.24) is 10.2 Å². The molecule has 1 amide bonds. The van der Waals surface area contributed by atoms with Crippen LogP contribution in [0.25, 0.3) is 0 Å². The largest absolute Gasteiger partial charge is 0.342 e. The molecule has 3 nitrogen and oxygen atoms in total. The molecular weight excluding hydrogens is 188 g/mol. The van der Waals surface area contributed by atoms with E-state index < -0.39 is 0 Å². The summed E-state index contributed by atoms with van der Waals surface area (Å²) in [6.07, 6.45) is 5.32. The highest BCUT2D eigenvalue weighted by Crippen LogP contribution is 2.16. The first kappa shape index (κ1) is 12.2. The fourth-order valence-corrected chi connectivity index (χ4v) is 1.91. The van der Waals surface area contributed by atoms with E-state index in [9.17, 15) is 4.79 Å². The summed E-state index contributed by atoms with van der Waals surface area (Å²) in [5.74, 6) is 0.995. The minimum atomic E-state index is 0.228. The Labute approximate surface area is 92.5 Å². The molecule has 1 heterocycles. The van der Waals surface area contributed by atoms with E-state index in [4.69, 9.17) is 0 Å². The van der Waals surface area contributed by atoms with Crippen LogP contribution >= 0.6 is 0 Å². The van der Waals surface area contributed by atoms with Crippen molar-refractivity contribution in [2.24, 2.45) is 5.92 Å². The summed E-state index contributed by atoms with van der Waals surface area (Å²) in [7, 11) is 0. The lowest BCUT2D eigenvalue weighted by Crippen LogP contribution is -2.38. The van der Waals surface area contributed by atoms with Crippen molar-refractivity contribution < 1.29 is 4.79 Å². The van der Waals surface area contributed by atoms with Crippen molar-refractivity contribution in [3.05, 3.63) is 12.7 Å². The number of likely N-dealkylation sites (tertiary alicyclic amines) is 1. The van der Waals surface area contributed by atoms with Crippen molar-refractivity contribution in [3.63, 3.8) is 0 Å². The number of rotatable bonds is 4. The number of nitrogens with zero attached hydrogens (tertiary/aromatic N) is 1. The molecule has 1 rings (SSSR count). The van der Waals surface area contributed by atoms with Crippen LogP contribution in [-0.4, -0.2) is 37.0 Å². The third-order valence-electron chi connectivity index (χ3n) is 2.93. The van der Waals surface area contributed by atoms with Gasteiger partial charge >= 0.3 is 0 Å². The van der Waals surface area contributed by atoms with Crippen LogP contribution < -0.4 is 5.32 Å². The van der Waals surface area contributed by atoms with Crippen LogP contribution in [0.15, 0.2) is 12.7 Å². The van der Waals surface area contributed by atoms with E-state index >= 15 is 0 Å². The highest BCUT2D eigenvalue weighted by atomic mass is 16.2. The highest BCUT2D eigenvalue weighted by Gasteiger charge is 2.17. The molecule has 0 aromatic carbocycles. The molecule has 15 heavy (non-hydrogen) atoms. The molecule has 3 heteroatoms. The molecule has 1 fully saturated rings. The zero-order valence-corrected chi connectivity index (χ0v) is 9.67. The number of nitrogens with one attached hydrogen (secondary N) is 1. The average Bonchev–Trinajstić information content (AvgIpc) is 2.43. The van der Waals surface area contributed by atoms with E-state index in [0.717, 1.165) is 31.8 Å². The Kier molecular flexibility index (Phi) is 5.40. The predicted octanol–water partition coefficient (Wildman–Crippen LogP) is 1.41. The lowest BCUT2D eigenvalue weighted by molar-refractivity contribution is -0.130. The summed E-state index contributed by atoms with van der Waals surface area (Å²) in [6.45, 7) is 8.88. The predicted molar refractivity (Wildman–Crippen MR) is 62.7 cm³/mol. The molecule has 1 saturated heterocycles. The summed E-state index contributed by atoms with van der Waals surface area (Å²) >= 11 is 0. The number of carbonyl (C=O) groups is 1. The fourth-order valence-electron chi connectivity index (χ4n) is 1.91. The van der Waals surface area contributed by atoms with Crippen molar-refractivity contribution in [2.45, 2.75) is 26.2 Å². The van der Waals surface area contributed by atoms with Gasteiger partial charge < -0.3 is 10.2 Å². The van der Waals surface area contributed by atoms with Gasteiger partial charge in [0.1, 0.15) is 0 Å². The normalized spacial score (nSPS) is 22.2. The summed E-state index contributed by atoms with van der Waals surface area (Å²) in [5, 5.41) is 3.05. The topological polar surface area (TPSA) is 32.3 Å². The van der Waals surface area contributed by atoms with Gasteiger partial charge in [-0.3, -0.25) is 4.79 Å². The van der Waals surface area contributed by atoms with Gasteiger partial charge in [0.2, 0.25) is 5.91 Å². The van der Waals surface area contributed by atoms with E-state index in [-0.39, 0.29) is 5.91 Å². The summed E-state index contributed by atoms with van der Waals surface area (Å²) < 4.78 is 0. The first-order valence-electron chi connectivity index (χ1n) is 5.83. The Morgan fingerprint density at radius 2 is 2.33 bits per heavy atom. The average molecular weight is 210 g/mol. The third-order valence-corrected chi connectivity index (χ3v) is 2.93. The molecule has 0 saturated carbocycles. The molecule has 1 aliphatic rings. The van der Waals surface area contributed by atoms with E-state index in [1.165, 1.54) is 6.42 Å². The number of hydrogen-bond acceptors (Lipinski definition) is 2. The number of hydrogen-bond donors (Lipinski definition) is 1. The van der Waals surface area contributed by atoms with Crippen molar-refractivity contribution in [2.75, 3.05) is 26.2 Å². The molecule has 0 radical (unpaired) electrons. The smallest absolute Gasteiger partial charge is 0.236 e. The maximum Gasteiger partial charge on any atom is 0.236 e. The Hall–Kier alpha value is -0.830. The monoisotopic (exact) mass is 210 g/mol. The molecule has 86 valence electrons. The van der Waals surface area contributed by atoms with Gasteiger partial charge in [-0.15, -0.1) is 6.58 Å². The van der Waals surface area contributed by atoms with Crippen LogP contribution in [0.3, 0.4) is 0 Å². The van der Waals surface area contributed by atoms with Gasteiger partial charge in [0.05, 0.1) is 6.54 Å². The molecule has 1 aliphatic heterocycles. The maximum atomic E-state index is 11.8. The summed E-state index contributed by atoms with van der Waals surface area (Å²) in [5.41, 5.74) is 0. The minimum Gasteiger partial charge on any atom is -0.342 e. The first-order valence-corrected chi connectivity index (χ1v) is 5.83. The van der Waals surface area contributed by atoms with Gasteiger partial charge in [-0.05, 0) is 25.2 Å². The number of amides is 1. The van der Waals surface area contributed by atoms with E-state index in [1.54, 1.807) is 6.08 Å². The second kappa shape index (κ2) is 6.62. The molecule has 0 aliphatic carbocycles. The lowest BCUT2D eigenvalue weighted by Gasteiger charge is -2.20. The van der Waals surface area contributed by atoms with Crippen LogP contribution in [0.5, 0.6) is 0 Å². The molecule has 0 bridgehead atoms. The van der Waals surface area contributed by atoms with Gasteiger partial charge in [-0.1, -0.05) is 13.0 Å². The molecule has 1 unspecified atom stereocenters. The zero-order chi connectivity index (χ0) is 11.1. The SMILES string of the molecule is C=CCNCC(=O)N1CCCC(C)CC1. The minimum absolute atomic E-state index is 0.228. The maximum absolute atomic E-state index is 11.8. The van der Waals surface area contributed by atoms with Crippen molar-refractivity contribution >= 4 is 5.91 Å². The van der Waals surface area contributed by atoms with Gasteiger partial charge in [0.25, 0.3) is 0 Å². The standard InChI is InChI=1S/C12H22N2O/c1-3-7-13-10-12(15)14-8-4-5-11(2)6-9-14/h3,11,13H,1,4-10H2,2H3. The zero-order valence-electron chi connectivity index (χ0n) is 9.67. The second-order valence-electron chi connectivity index (χ2n) is 4.34. The molecule has 0 spiro atoms. The van der Waals surface area contributed by atoms with Crippen LogP contribution in [0.1, 0.15) is 26.2 Å². The Morgan fingerprint density at radius 3 is 3.07 bits per heavy atom. The van der Waals surface area contributed by atoms with Crippen molar-refractivity contribution in [1.29, 1.82) is 0 Å². The van der Waals surface area contributed by atoms with Gasteiger partial charge in [-0.25, -0.2) is 0 Å². The van der Waals surface area contributed by atoms with Crippen molar-refractivity contribution in [3.8, 4) is 0 Å². The molecule has 1 atom stereocenters. The first-order chi connectivity index (χ1) is 7.24. The second-order valence-corrected chi connectivity index (χ2v) is 4.34. The van der Waals surface area contributed by atoms with E-state index in [0.29, 0.717) is 13.1 Å². The van der Waals surface area contributed by atoms with Crippen LogP contribution in [-0.2, 0) is 4.79 Å². The number of carbonyl (C=O) groups excluding carboxylic acids is 1. The Bertz CT molecular complexity index is 216. The fraction of sp³-hybridized carbons (Fsp3) is 0.750. The van der Waals surface area contributed by atoms with E-state index in [1.807, 2.05) is 4.90 Å². The Morgan fingerprint density at radius 1 is 1.53 bits per heavy atom. The quantitative estimate of drug-likeness (QED) is 0.562.